The van der Waals surface area contributed by atoms with E-state index in [1.54, 1.807) is 6.92 Å². The Morgan fingerprint density at radius 1 is 1.47 bits per heavy atom. The molecule has 1 rings (SSSR count). The molecule has 0 heterocycles. The second-order valence-electron chi connectivity index (χ2n) is 3.21. The van der Waals surface area contributed by atoms with Crippen molar-refractivity contribution in [2.24, 2.45) is 0 Å². The molecule has 0 aromatic heterocycles. The number of alkyl halides is 4. The number of carbonyl (C=O) groups is 1. The smallest absolute Gasteiger partial charge is 0.293 e. The van der Waals surface area contributed by atoms with Gasteiger partial charge in [-0.3, -0.25) is 4.79 Å². The van der Waals surface area contributed by atoms with Crippen LogP contribution in [0.15, 0.2) is 28.0 Å². The van der Waals surface area contributed by atoms with Gasteiger partial charge in [-0.1, -0.05) is 15.9 Å². The molecule has 1 aromatic carbocycles. The van der Waals surface area contributed by atoms with Crippen molar-refractivity contribution in [2.45, 2.75) is 27.1 Å². The zero-order chi connectivity index (χ0) is 13.2. The van der Waals surface area contributed by atoms with Crippen molar-refractivity contribution in [1.82, 2.24) is 0 Å². The summed E-state index contributed by atoms with van der Waals surface area (Å²) in [6.07, 6.45) is 0. The quantitative estimate of drug-likeness (QED) is 0.375. The maximum atomic E-state index is 12.1. The number of thioether (sulfide) groups is 1. The van der Waals surface area contributed by atoms with Gasteiger partial charge < -0.3 is 0 Å². The van der Waals surface area contributed by atoms with E-state index in [0.717, 1.165) is 0 Å². The van der Waals surface area contributed by atoms with Crippen LogP contribution >= 0.6 is 40.3 Å². The Kier molecular flexibility index (Phi) is 4.97. The minimum atomic E-state index is -4.34. The van der Waals surface area contributed by atoms with Crippen molar-refractivity contribution in [2.75, 3.05) is 0 Å². The van der Waals surface area contributed by atoms with E-state index in [4.69, 9.17) is 0 Å². The van der Waals surface area contributed by atoms with E-state index in [1.807, 2.05) is 0 Å². The Balaban J connectivity index is 2.98. The first-order valence-corrected chi connectivity index (χ1v) is 6.65. The van der Waals surface area contributed by atoms with Crippen LogP contribution in [0, 0.1) is 0 Å². The second-order valence-corrected chi connectivity index (χ2v) is 6.20. The lowest BCUT2D eigenvalue weighted by molar-refractivity contribution is -0.0328. The third kappa shape index (κ3) is 4.56. The molecule has 0 saturated heterocycles. The van der Waals surface area contributed by atoms with Gasteiger partial charge in [0.05, 0.1) is 4.83 Å². The summed E-state index contributed by atoms with van der Waals surface area (Å²) in [6, 6.07) is 3.86. The average Bonchev–Trinajstić information content (AvgIpc) is 2.14. The van der Waals surface area contributed by atoms with E-state index in [9.17, 15) is 18.0 Å². The van der Waals surface area contributed by atoms with Gasteiger partial charge in [0, 0.05) is 15.4 Å². The van der Waals surface area contributed by atoms with Crippen LogP contribution in [0.5, 0.6) is 0 Å². The van der Waals surface area contributed by atoms with Gasteiger partial charge in [0.15, 0.2) is 5.78 Å². The van der Waals surface area contributed by atoms with Gasteiger partial charge in [-0.25, -0.2) is 0 Å². The molecule has 0 N–H and O–H groups in total. The Morgan fingerprint density at radius 2 is 2.06 bits per heavy atom. The number of Topliss-reactive ketones (excluding diaryl/α,β-unsaturated/α-hetero) is 1. The van der Waals surface area contributed by atoms with Gasteiger partial charge >= 0.3 is 5.51 Å². The summed E-state index contributed by atoms with van der Waals surface area (Å²) < 4.78 is 36.4. The van der Waals surface area contributed by atoms with Crippen LogP contribution in [0.2, 0.25) is 0 Å². The number of thiol groups is 1. The molecule has 0 saturated carbocycles. The first kappa shape index (κ1) is 14.9. The number of ketones is 1. The number of halogens is 4. The summed E-state index contributed by atoms with van der Waals surface area (Å²) in [5.74, 6) is -0.210. The standard InChI is InChI=1S/C10H8BrF3OS2/c1-5(11)9(15)7-3-2-6(4-8(7)16)17-10(12,13)14/h2-5,16H,1H3. The first-order valence-electron chi connectivity index (χ1n) is 4.48. The molecule has 0 aliphatic carbocycles. The molecule has 94 valence electrons. The first-order chi connectivity index (χ1) is 7.70. The average molecular weight is 345 g/mol. The minimum absolute atomic E-state index is 0.0151. The van der Waals surface area contributed by atoms with Crippen LogP contribution in [-0.4, -0.2) is 16.1 Å². The van der Waals surface area contributed by atoms with E-state index < -0.39 is 10.3 Å². The summed E-state index contributed by atoms with van der Waals surface area (Å²) in [5, 5.41) is 0. The third-order valence-corrected chi connectivity index (χ3v) is 3.34. The summed E-state index contributed by atoms with van der Waals surface area (Å²) in [7, 11) is 0. The number of rotatable bonds is 3. The lowest BCUT2D eigenvalue weighted by Gasteiger charge is -2.09. The molecule has 0 aliphatic heterocycles. The Morgan fingerprint density at radius 3 is 2.47 bits per heavy atom. The number of hydrogen-bond acceptors (Lipinski definition) is 3. The van der Waals surface area contributed by atoms with Crippen LogP contribution in [0.25, 0.3) is 0 Å². The zero-order valence-electron chi connectivity index (χ0n) is 8.58. The SMILES string of the molecule is CC(Br)C(=O)c1ccc(SC(F)(F)F)cc1S. The fourth-order valence-corrected chi connectivity index (χ4v) is 2.37. The van der Waals surface area contributed by atoms with Gasteiger partial charge in [0.1, 0.15) is 0 Å². The van der Waals surface area contributed by atoms with Crippen LogP contribution in [0.3, 0.4) is 0 Å². The number of hydrogen-bond donors (Lipinski definition) is 1. The van der Waals surface area contributed by atoms with Crippen molar-refractivity contribution < 1.29 is 18.0 Å². The van der Waals surface area contributed by atoms with Crippen molar-refractivity contribution in [3.05, 3.63) is 23.8 Å². The molecule has 1 nitrogen and oxygen atoms in total. The van der Waals surface area contributed by atoms with Crippen molar-refractivity contribution in [1.29, 1.82) is 0 Å². The highest BCUT2D eigenvalue weighted by Crippen LogP contribution is 2.38. The van der Waals surface area contributed by atoms with Crippen LogP contribution in [0.4, 0.5) is 13.2 Å². The maximum Gasteiger partial charge on any atom is 0.446 e. The molecule has 0 spiro atoms. The highest BCUT2D eigenvalue weighted by atomic mass is 79.9. The van der Waals surface area contributed by atoms with Crippen LogP contribution in [-0.2, 0) is 0 Å². The zero-order valence-corrected chi connectivity index (χ0v) is 11.9. The van der Waals surface area contributed by atoms with Gasteiger partial charge in [-0.2, -0.15) is 13.2 Å². The predicted molar refractivity (Wildman–Crippen MR) is 68.3 cm³/mol. The third-order valence-electron chi connectivity index (χ3n) is 1.83. The molecule has 0 fully saturated rings. The predicted octanol–water partition coefficient (Wildman–Crippen LogP) is 4.55. The van der Waals surface area contributed by atoms with E-state index >= 15 is 0 Å². The van der Waals surface area contributed by atoms with Gasteiger partial charge in [0.2, 0.25) is 0 Å². The normalized spacial score (nSPS) is 13.5. The highest BCUT2D eigenvalue weighted by Gasteiger charge is 2.29. The van der Waals surface area contributed by atoms with Crippen molar-refractivity contribution in [3.63, 3.8) is 0 Å². The Bertz CT molecular complexity index is 432. The summed E-state index contributed by atoms with van der Waals surface area (Å²) in [5.41, 5.74) is -4.03. The van der Waals surface area contributed by atoms with E-state index in [0.29, 0.717) is 5.56 Å². The largest absolute Gasteiger partial charge is 0.446 e. The van der Waals surface area contributed by atoms with E-state index in [1.165, 1.54) is 18.2 Å². The molecule has 0 aliphatic rings. The highest BCUT2D eigenvalue weighted by molar-refractivity contribution is 9.10. The second kappa shape index (κ2) is 5.67. The fourth-order valence-electron chi connectivity index (χ4n) is 1.13. The summed E-state index contributed by atoms with van der Waals surface area (Å²) >= 11 is 6.91. The fraction of sp³-hybridized carbons (Fsp3) is 0.300. The molecule has 1 unspecified atom stereocenters. The van der Waals surface area contributed by atoms with Gasteiger partial charge in [0.25, 0.3) is 0 Å². The van der Waals surface area contributed by atoms with Crippen molar-refractivity contribution >= 4 is 46.1 Å². The topological polar surface area (TPSA) is 17.1 Å². The maximum absolute atomic E-state index is 12.1. The molecule has 0 radical (unpaired) electrons. The molecular weight excluding hydrogens is 337 g/mol. The summed E-state index contributed by atoms with van der Waals surface area (Å²) in [6.45, 7) is 1.65. The number of carbonyl (C=O) groups excluding carboxylic acids is 1. The van der Waals surface area contributed by atoms with Gasteiger partial charge in [-0.15, -0.1) is 12.6 Å². The number of benzene rings is 1. The van der Waals surface area contributed by atoms with Crippen LogP contribution in [0.1, 0.15) is 17.3 Å². The Hall–Kier alpha value is -0.140. The monoisotopic (exact) mass is 344 g/mol. The molecule has 17 heavy (non-hydrogen) atoms. The Labute approximate surface area is 115 Å². The molecular formula is C10H8BrF3OS2. The van der Waals surface area contributed by atoms with Gasteiger partial charge in [-0.05, 0) is 36.9 Å². The lowest BCUT2D eigenvalue weighted by Crippen LogP contribution is -2.10. The van der Waals surface area contributed by atoms with E-state index in [2.05, 4.69) is 28.6 Å². The summed E-state index contributed by atoms with van der Waals surface area (Å²) in [4.78, 5) is 11.5. The molecule has 1 atom stereocenters. The molecule has 7 heteroatoms. The molecule has 0 amide bonds. The van der Waals surface area contributed by atoms with E-state index in [-0.39, 0.29) is 27.3 Å². The molecule has 1 aromatic rings. The lowest BCUT2D eigenvalue weighted by atomic mass is 10.1. The minimum Gasteiger partial charge on any atom is -0.293 e. The van der Waals surface area contributed by atoms with Crippen LogP contribution < -0.4 is 0 Å². The van der Waals surface area contributed by atoms with Crippen molar-refractivity contribution in [3.8, 4) is 0 Å². The molecule has 0 bridgehead atoms.